The van der Waals surface area contributed by atoms with Crippen LogP contribution in [-0.4, -0.2) is 6.54 Å². The molecule has 0 aromatic heterocycles. The summed E-state index contributed by atoms with van der Waals surface area (Å²) in [5, 5.41) is 7.80. The molecule has 0 bridgehead atoms. The molecule has 0 saturated heterocycles. The molecule has 2 N–H and O–H groups in total. The van der Waals surface area contributed by atoms with Gasteiger partial charge in [-0.15, -0.1) is 10.2 Å². The highest BCUT2D eigenvalue weighted by atomic mass is 35.7. The highest BCUT2D eigenvalue weighted by Gasteiger charge is 2.23. The second kappa shape index (κ2) is 8.58. The Morgan fingerprint density at radius 2 is 1.79 bits per heavy atom. The lowest BCUT2D eigenvalue weighted by molar-refractivity contribution is -2.00. The third kappa shape index (κ3) is 5.39. The van der Waals surface area contributed by atoms with Gasteiger partial charge in [0.15, 0.2) is 5.36 Å². The molecule has 152 valence electrons. The zero-order valence-electron chi connectivity index (χ0n) is 15.8. The number of hydrogen-bond donors (Lipinski definition) is 1. The van der Waals surface area contributed by atoms with Crippen LogP contribution in [0.4, 0.5) is 5.69 Å². The van der Waals surface area contributed by atoms with Crippen LogP contribution in [0.15, 0.2) is 62.9 Å². The molecule has 3 aliphatic rings. The van der Waals surface area contributed by atoms with Gasteiger partial charge in [0.1, 0.15) is 11.5 Å². The van der Waals surface area contributed by atoms with E-state index in [1.54, 1.807) is 11.8 Å². The van der Waals surface area contributed by atoms with Crippen LogP contribution in [0.5, 0.6) is 0 Å². The van der Waals surface area contributed by atoms with Gasteiger partial charge in [0.05, 0.1) is 16.8 Å². The fourth-order valence-electron chi connectivity index (χ4n) is 3.08. The van der Waals surface area contributed by atoms with Crippen molar-refractivity contribution in [2.24, 2.45) is 0 Å². The van der Waals surface area contributed by atoms with E-state index in [9.17, 15) is 0 Å². The number of fused-ring (bicyclic) bond motifs is 2. The molecule has 0 atom stereocenters. The van der Waals surface area contributed by atoms with Crippen molar-refractivity contribution in [3.63, 3.8) is 0 Å². The minimum atomic E-state index is -4.94. The number of rotatable bonds is 2. The Morgan fingerprint density at radius 1 is 1.10 bits per heavy atom. The molecule has 0 unspecified atom stereocenters. The number of benzene rings is 2. The van der Waals surface area contributed by atoms with Crippen molar-refractivity contribution in [2.45, 2.75) is 18.7 Å². The standard InChI is InChI=1S/C20H18N2OS.ClHO4/c1-3-22-17-6-4-5-7-19(17)24-20(22)12-15-10-13(2)16-9-8-14(21)11-18(16)23-15;2-1(3,4)5/h4-12,21H,3H2,1-2H3;(H,2,3,4,5)/b20-12-,21-14?;. The number of nitrogens with two attached hydrogens (primary N) is 1. The lowest BCUT2D eigenvalue weighted by Gasteiger charge is -2.18. The SMILES string of the molecule is CCN1/C(=C/c2cc(C)c3ccc(=[NH2+])cc-3o2)Sc2ccccc21.[O-][Cl+3]([O-])([O-])[O-]. The molecule has 2 heterocycles. The molecule has 2 aliphatic heterocycles. The van der Waals surface area contributed by atoms with E-state index in [1.807, 2.05) is 18.2 Å². The number of halogens is 1. The Labute approximate surface area is 174 Å². The number of anilines is 1. The fraction of sp³-hybridized carbons (Fsp3) is 0.150. The highest BCUT2D eigenvalue weighted by Crippen LogP contribution is 2.46. The summed E-state index contributed by atoms with van der Waals surface area (Å²) >= 11 is 1.78. The van der Waals surface area contributed by atoms with Crippen LogP contribution in [0, 0.1) is 17.2 Å². The van der Waals surface area contributed by atoms with Crippen LogP contribution in [0.25, 0.3) is 17.4 Å². The Hall–Kier alpha value is -2.33. The Kier molecular flexibility index (Phi) is 6.33. The molecule has 0 spiro atoms. The molecule has 0 saturated carbocycles. The van der Waals surface area contributed by atoms with Crippen molar-refractivity contribution in [2.75, 3.05) is 11.4 Å². The van der Waals surface area contributed by atoms with Crippen LogP contribution >= 0.6 is 11.8 Å². The predicted molar refractivity (Wildman–Crippen MR) is 98.4 cm³/mol. The Bertz CT molecular complexity index is 1070. The fourth-order valence-corrected chi connectivity index (χ4v) is 4.24. The number of aryl methyl sites for hydroxylation is 1. The third-order valence-electron chi connectivity index (χ3n) is 4.24. The zero-order chi connectivity index (χ0) is 21.2. The van der Waals surface area contributed by atoms with E-state index >= 15 is 0 Å². The van der Waals surface area contributed by atoms with E-state index in [-0.39, 0.29) is 0 Å². The van der Waals surface area contributed by atoms with Gasteiger partial charge in [-0.3, -0.25) is 5.41 Å². The van der Waals surface area contributed by atoms with Gasteiger partial charge in [-0.05, 0) is 43.7 Å². The van der Waals surface area contributed by atoms with E-state index in [1.165, 1.54) is 21.2 Å². The van der Waals surface area contributed by atoms with Gasteiger partial charge in [-0.25, -0.2) is 18.6 Å². The molecule has 29 heavy (non-hydrogen) atoms. The number of para-hydroxylation sites is 1. The molecule has 9 heteroatoms. The van der Waals surface area contributed by atoms with Crippen molar-refractivity contribution in [1.29, 1.82) is 0 Å². The lowest BCUT2D eigenvalue weighted by Crippen LogP contribution is -2.68. The Balaban J connectivity index is 0.000000431. The zero-order valence-corrected chi connectivity index (χ0v) is 17.3. The number of hydrogen-bond acceptors (Lipinski definition) is 7. The first-order chi connectivity index (χ1) is 13.7. The van der Waals surface area contributed by atoms with Gasteiger partial charge in [-0.2, -0.15) is 0 Å². The topological polar surface area (TPSA) is 134 Å². The van der Waals surface area contributed by atoms with Crippen LogP contribution in [0.3, 0.4) is 0 Å². The summed E-state index contributed by atoms with van der Waals surface area (Å²) in [5.74, 6) is 1.67. The molecule has 1 aromatic carbocycles. The monoisotopic (exact) mass is 434 g/mol. The summed E-state index contributed by atoms with van der Waals surface area (Å²) in [6.07, 6.45) is 2.11. The van der Waals surface area contributed by atoms with Gasteiger partial charge in [0, 0.05) is 29.1 Å². The van der Waals surface area contributed by atoms with E-state index in [0.717, 1.165) is 23.6 Å². The molecule has 7 nitrogen and oxygen atoms in total. The number of thioether (sulfide) groups is 1. The van der Waals surface area contributed by atoms with E-state index in [0.29, 0.717) is 5.36 Å². The van der Waals surface area contributed by atoms with Crippen LogP contribution in [0.1, 0.15) is 18.2 Å². The maximum absolute atomic E-state index is 8.49. The quantitative estimate of drug-likeness (QED) is 0.520. The molecule has 4 rings (SSSR count). The average molecular weight is 435 g/mol. The van der Waals surface area contributed by atoms with Crippen molar-refractivity contribution < 1.29 is 38.7 Å². The van der Waals surface area contributed by atoms with Crippen molar-refractivity contribution in [3.05, 3.63) is 70.2 Å². The van der Waals surface area contributed by atoms with Crippen LogP contribution < -0.4 is 34.3 Å². The van der Waals surface area contributed by atoms with Crippen molar-refractivity contribution in [3.8, 4) is 11.3 Å². The summed E-state index contributed by atoms with van der Waals surface area (Å²) in [4.78, 5) is 3.60. The maximum atomic E-state index is 8.49. The normalized spacial score (nSPS) is 14.7. The molecule has 0 amide bonds. The summed E-state index contributed by atoms with van der Waals surface area (Å²) < 4.78 is 40.1. The number of nitrogens with zero attached hydrogens (tertiary/aromatic N) is 1. The van der Waals surface area contributed by atoms with Crippen molar-refractivity contribution >= 4 is 23.5 Å². The van der Waals surface area contributed by atoms with Gasteiger partial charge < -0.3 is 9.32 Å². The first-order valence-corrected chi connectivity index (χ1v) is 10.7. The maximum Gasteiger partial charge on any atom is 0.200 e. The smallest absolute Gasteiger partial charge is 0.200 e. The van der Waals surface area contributed by atoms with E-state index < -0.39 is 10.2 Å². The average Bonchev–Trinajstić information content (AvgIpc) is 2.96. The van der Waals surface area contributed by atoms with Gasteiger partial charge in [-0.1, -0.05) is 23.9 Å². The molecule has 0 radical (unpaired) electrons. The van der Waals surface area contributed by atoms with Crippen molar-refractivity contribution in [1.82, 2.24) is 0 Å². The Morgan fingerprint density at radius 3 is 2.48 bits per heavy atom. The van der Waals surface area contributed by atoms with Crippen LogP contribution in [-0.2, 0) is 0 Å². The van der Waals surface area contributed by atoms with E-state index in [4.69, 9.17) is 28.5 Å². The molecular weight excluding hydrogens is 416 g/mol. The van der Waals surface area contributed by atoms with Crippen LogP contribution in [0.2, 0.25) is 0 Å². The molecule has 1 aliphatic carbocycles. The van der Waals surface area contributed by atoms with Gasteiger partial charge in [0.2, 0.25) is 0 Å². The summed E-state index contributed by atoms with van der Waals surface area (Å²) in [6.45, 7) is 5.19. The molecule has 0 fully saturated rings. The first kappa shape index (κ1) is 21.4. The molecular formula is C20H19ClN2O5S. The minimum Gasteiger partial charge on any atom is -0.456 e. The summed E-state index contributed by atoms with van der Waals surface area (Å²) in [7, 11) is -4.94. The second-order valence-corrected chi connectivity index (χ2v) is 8.08. The summed E-state index contributed by atoms with van der Waals surface area (Å²) in [6, 6.07) is 16.4. The van der Waals surface area contributed by atoms with E-state index in [2.05, 4.69) is 55.2 Å². The summed E-state index contributed by atoms with van der Waals surface area (Å²) in [5.41, 5.74) is 3.55. The molecule has 1 aromatic rings. The lowest BCUT2D eigenvalue weighted by atomic mass is 10.0. The predicted octanol–water partition coefficient (Wildman–Crippen LogP) is -1.47. The van der Waals surface area contributed by atoms with Gasteiger partial charge >= 0.3 is 0 Å². The minimum absolute atomic E-state index is 0.716. The largest absolute Gasteiger partial charge is 0.456 e. The van der Waals surface area contributed by atoms with Gasteiger partial charge in [0.25, 0.3) is 0 Å². The first-order valence-electron chi connectivity index (χ1n) is 8.66. The third-order valence-corrected chi connectivity index (χ3v) is 5.35. The second-order valence-electron chi connectivity index (χ2n) is 6.26. The highest BCUT2D eigenvalue weighted by molar-refractivity contribution is 8.03.